The van der Waals surface area contributed by atoms with Gasteiger partial charge in [0.1, 0.15) is 6.33 Å². The zero-order valence-electron chi connectivity index (χ0n) is 9.52. The lowest BCUT2D eigenvalue weighted by atomic mass is 10.3. The highest BCUT2D eigenvalue weighted by atomic mass is 16.6. The molecule has 0 aliphatic heterocycles. The second kappa shape index (κ2) is 5.24. The van der Waals surface area contributed by atoms with E-state index in [0.29, 0.717) is 6.54 Å². The Kier molecular flexibility index (Phi) is 3.98. The molecule has 0 fully saturated rings. The van der Waals surface area contributed by atoms with E-state index in [2.05, 4.69) is 20.6 Å². The molecule has 0 saturated carbocycles. The van der Waals surface area contributed by atoms with Crippen LogP contribution in [-0.4, -0.2) is 27.5 Å². The molecule has 88 valence electrons. The number of rotatable bonds is 5. The first-order chi connectivity index (χ1) is 7.56. The molecule has 1 heterocycles. The van der Waals surface area contributed by atoms with Crippen LogP contribution in [0.5, 0.6) is 0 Å². The molecular weight excluding hydrogens is 210 g/mol. The van der Waals surface area contributed by atoms with E-state index in [1.165, 1.54) is 6.33 Å². The number of nitro groups is 1. The highest BCUT2D eigenvalue weighted by Gasteiger charge is 2.22. The van der Waals surface area contributed by atoms with E-state index in [-0.39, 0.29) is 23.4 Å². The molecule has 0 aromatic carbocycles. The minimum atomic E-state index is -0.483. The Morgan fingerprint density at radius 3 is 2.56 bits per heavy atom. The number of hydrogen-bond acceptors (Lipinski definition) is 6. The first-order valence-corrected chi connectivity index (χ1v) is 5.06. The van der Waals surface area contributed by atoms with Gasteiger partial charge in [-0.15, -0.1) is 0 Å². The van der Waals surface area contributed by atoms with Gasteiger partial charge in [0.15, 0.2) is 0 Å². The number of anilines is 2. The first kappa shape index (κ1) is 12.2. The van der Waals surface area contributed by atoms with Gasteiger partial charge in [0.2, 0.25) is 11.6 Å². The van der Waals surface area contributed by atoms with Gasteiger partial charge < -0.3 is 10.6 Å². The first-order valence-electron chi connectivity index (χ1n) is 5.06. The van der Waals surface area contributed by atoms with E-state index in [0.717, 1.165) is 0 Å². The molecule has 7 heteroatoms. The van der Waals surface area contributed by atoms with Crippen molar-refractivity contribution in [3.05, 3.63) is 16.4 Å². The predicted octanol–water partition coefficient (Wildman–Crippen LogP) is 1.64. The minimum absolute atomic E-state index is 0.0723. The van der Waals surface area contributed by atoms with E-state index in [1.807, 2.05) is 20.8 Å². The molecule has 0 unspecified atom stereocenters. The molecule has 0 aliphatic carbocycles. The van der Waals surface area contributed by atoms with Crippen LogP contribution in [0.1, 0.15) is 20.8 Å². The van der Waals surface area contributed by atoms with Crippen molar-refractivity contribution in [1.29, 1.82) is 0 Å². The average Bonchev–Trinajstić information content (AvgIpc) is 2.16. The molecule has 1 aromatic heterocycles. The van der Waals surface area contributed by atoms with E-state index >= 15 is 0 Å². The van der Waals surface area contributed by atoms with Gasteiger partial charge in [-0.2, -0.15) is 0 Å². The molecule has 0 aliphatic rings. The van der Waals surface area contributed by atoms with Crippen molar-refractivity contribution in [2.75, 3.05) is 17.2 Å². The Balaban J connectivity index is 3.16. The van der Waals surface area contributed by atoms with Crippen LogP contribution in [0.4, 0.5) is 17.3 Å². The number of nitrogens with one attached hydrogen (secondary N) is 2. The van der Waals surface area contributed by atoms with Crippen LogP contribution in [0.25, 0.3) is 0 Å². The molecule has 2 N–H and O–H groups in total. The Morgan fingerprint density at radius 1 is 1.44 bits per heavy atom. The molecular formula is C9H15N5O2. The topological polar surface area (TPSA) is 93.0 Å². The summed E-state index contributed by atoms with van der Waals surface area (Å²) in [6, 6.07) is 0.0723. The standard InChI is InChI=1S/C9H15N5O2/c1-4-10-8-7(14(15)16)9(12-5-11-8)13-6(2)3/h5-6H,4H2,1-3H3,(H2,10,11,12,13). The van der Waals surface area contributed by atoms with E-state index in [9.17, 15) is 10.1 Å². The van der Waals surface area contributed by atoms with Crippen molar-refractivity contribution in [1.82, 2.24) is 9.97 Å². The summed E-state index contributed by atoms with van der Waals surface area (Å²) >= 11 is 0. The van der Waals surface area contributed by atoms with Crippen LogP contribution in [0.2, 0.25) is 0 Å². The summed E-state index contributed by atoms with van der Waals surface area (Å²) in [6.45, 7) is 6.19. The van der Waals surface area contributed by atoms with Crippen LogP contribution >= 0.6 is 0 Å². The fraction of sp³-hybridized carbons (Fsp3) is 0.556. The lowest BCUT2D eigenvalue weighted by Crippen LogP contribution is -2.14. The van der Waals surface area contributed by atoms with Gasteiger partial charge in [-0.1, -0.05) is 0 Å². The largest absolute Gasteiger partial charge is 0.364 e. The molecule has 0 atom stereocenters. The van der Waals surface area contributed by atoms with E-state index < -0.39 is 4.92 Å². The Bertz CT molecular complexity index is 380. The summed E-state index contributed by atoms with van der Waals surface area (Å²) in [5.41, 5.74) is -0.113. The third-order valence-corrected chi connectivity index (χ3v) is 1.77. The lowest BCUT2D eigenvalue weighted by Gasteiger charge is -2.10. The van der Waals surface area contributed by atoms with Crippen molar-refractivity contribution in [3.8, 4) is 0 Å². The Labute approximate surface area is 93.4 Å². The van der Waals surface area contributed by atoms with Gasteiger partial charge >= 0.3 is 5.69 Å². The summed E-state index contributed by atoms with van der Waals surface area (Å²) in [7, 11) is 0. The van der Waals surface area contributed by atoms with Gasteiger partial charge in [-0.05, 0) is 20.8 Å². The number of nitrogens with zero attached hydrogens (tertiary/aromatic N) is 3. The van der Waals surface area contributed by atoms with Crippen LogP contribution in [0.3, 0.4) is 0 Å². The third kappa shape index (κ3) is 2.78. The Morgan fingerprint density at radius 2 is 2.06 bits per heavy atom. The van der Waals surface area contributed by atoms with Crippen LogP contribution in [0, 0.1) is 10.1 Å². The summed E-state index contributed by atoms with van der Waals surface area (Å²) in [6.07, 6.45) is 1.30. The number of hydrogen-bond donors (Lipinski definition) is 2. The van der Waals surface area contributed by atoms with Crippen molar-refractivity contribution in [2.45, 2.75) is 26.8 Å². The summed E-state index contributed by atoms with van der Waals surface area (Å²) in [5, 5.41) is 16.7. The van der Waals surface area contributed by atoms with Gasteiger partial charge in [-0.3, -0.25) is 10.1 Å². The fourth-order valence-electron chi connectivity index (χ4n) is 1.23. The number of aromatic nitrogens is 2. The highest BCUT2D eigenvalue weighted by molar-refractivity contribution is 5.69. The lowest BCUT2D eigenvalue weighted by molar-refractivity contribution is -0.383. The summed E-state index contributed by atoms with van der Waals surface area (Å²) < 4.78 is 0. The van der Waals surface area contributed by atoms with Crippen molar-refractivity contribution < 1.29 is 4.92 Å². The maximum absolute atomic E-state index is 10.9. The molecule has 0 saturated heterocycles. The van der Waals surface area contributed by atoms with Crippen molar-refractivity contribution in [2.24, 2.45) is 0 Å². The monoisotopic (exact) mass is 225 g/mol. The molecule has 1 aromatic rings. The molecule has 16 heavy (non-hydrogen) atoms. The maximum Gasteiger partial charge on any atom is 0.353 e. The quantitative estimate of drug-likeness (QED) is 0.584. The predicted molar refractivity (Wildman–Crippen MR) is 61.6 cm³/mol. The highest BCUT2D eigenvalue weighted by Crippen LogP contribution is 2.28. The van der Waals surface area contributed by atoms with Crippen molar-refractivity contribution in [3.63, 3.8) is 0 Å². The van der Waals surface area contributed by atoms with Gasteiger partial charge in [-0.25, -0.2) is 9.97 Å². The van der Waals surface area contributed by atoms with Gasteiger partial charge in [0.25, 0.3) is 0 Å². The third-order valence-electron chi connectivity index (χ3n) is 1.77. The summed E-state index contributed by atoms with van der Waals surface area (Å²) in [5.74, 6) is 0.483. The van der Waals surface area contributed by atoms with Gasteiger partial charge in [0.05, 0.1) is 4.92 Å². The summed E-state index contributed by atoms with van der Waals surface area (Å²) in [4.78, 5) is 18.2. The molecule has 0 radical (unpaired) electrons. The zero-order chi connectivity index (χ0) is 12.1. The van der Waals surface area contributed by atoms with Crippen molar-refractivity contribution >= 4 is 17.3 Å². The normalized spacial score (nSPS) is 10.2. The molecule has 1 rings (SSSR count). The second-order valence-electron chi connectivity index (χ2n) is 3.51. The van der Waals surface area contributed by atoms with Crippen LogP contribution in [0.15, 0.2) is 6.33 Å². The average molecular weight is 225 g/mol. The zero-order valence-corrected chi connectivity index (χ0v) is 9.52. The van der Waals surface area contributed by atoms with E-state index in [4.69, 9.17) is 0 Å². The SMILES string of the molecule is CCNc1ncnc(NC(C)C)c1[N+](=O)[O-]. The molecule has 0 bridgehead atoms. The Hall–Kier alpha value is -1.92. The molecule has 0 spiro atoms. The van der Waals surface area contributed by atoms with Crippen LogP contribution < -0.4 is 10.6 Å². The minimum Gasteiger partial charge on any atom is -0.364 e. The van der Waals surface area contributed by atoms with Crippen LogP contribution in [-0.2, 0) is 0 Å². The maximum atomic E-state index is 10.9. The smallest absolute Gasteiger partial charge is 0.353 e. The molecule has 0 amide bonds. The van der Waals surface area contributed by atoms with Gasteiger partial charge in [0, 0.05) is 12.6 Å². The van der Waals surface area contributed by atoms with E-state index in [1.54, 1.807) is 0 Å². The fourth-order valence-corrected chi connectivity index (χ4v) is 1.23. The molecule has 7 nitrogen and oxygen atoms in total. The second-order valence-corrected chi connectivity index (χ2v) is 3.51.